The quantitative estimate of drug-likeness (QED) is 0.0359. The largest absolute Gasteiger partial charge is 0.370 e. The molecule has 13 N–H and O–H groups in total. The van der Waals surface area contributed by atoms with Crippen LogP contribution in [0.15, 0.2) is 82.8 Å². The van der Waals surface area contributed by atoms with E-state index in [0.717, 1.165) is 11.8 Å². The molecule has 0 aliphatic heterocycles. The van der Waals surface area contributed by atoms with Crippen LogP contribution in [0, 0.1) is 11.7 Å². The first-order chi connectivity index (χ1) is 27.4. The molecule has 18 heteroatoms. The third-order valence-electron chi connectivity index (χ3n) is 8.51. The number of hydrogen-bond donors (Lipinski definition) is 8. The van der Waals surface area contributed by atoms with Gasteiger partial charge in [0, 0.05) is 32.7 Å². The summed E-state index contributed by atoms with van der Waals surface area (Å²) in [4.78, 5) is 89.8. The van der Waals surface area contributed by atoms with E-state index >= 15 is 0 Å². The summed E-state index contributed by atoms with van der Waals surface area (Å²) in [5.41, 5.74) is 28.7. The van der Waals surface area contributed by atoms with Crippen LogP contribution >= 0.6 is 0 Å². The van der Waals surface area contributed by atoms with Gasteiger partial charge in [-0.25, -0.2) is 9.38 Å². The molecule has 2 aromatic rings. The number of nitrogens with two attached hydrogens (primary N) is 5. The van der Waals surface area contributed by atoms with E-state index < -0.39 is 65.4 Å². The second-order valence-corrected chi connectivity index (χ2v) is 13.9. The maximum absolute atomic E-state index is 14.4. The molecule has 0 spiro atoms. The highest BCUT2D eigenvalue weighted by atomic mass is 19.1. The molecule has 314 valence electrons. The van der Waals surface area contributed by atoms with Gasteiger partial charge in [-0.2, -0.15) is 0 Å². The number of primary amides is 1. The number of benzene rings is 2. The Kier molecular flexibility index (Phi) is 19.8. The molecular formula is C40H56FN11O6. The molecule has 0 saturated carbocycles. The molecule has 58 heavy (non-hydrogen) atoms. The van der Waals surface area contributed by atoms with E-state index in [1.807, 2.05) is 13.8 Å². The topological polar surface area (TPSA) is 297 Å². The van der Waals surface area contributed by atoms with Gasteiger partial charge in [0.15, 0.2) is 11.9 Å². The van der Waals surface area contributed by atoms with Gasteiger partial charge < -0.3 is 44.6 Å². The van der Waals surface area contributed by atoms with E-state index in [1.165, 1.54) is 30.3 Å². The average molecular weight is 806 g/mol. The third-order valence-corrected chi connectivity index (χ3v) is 8.51. The summed E-state index contributed by atoms with van der Waals surface area (Å²) in [6, 6.07) is 6.48. The van der Waals surface area contributed by atoms with Crippen molar-refractivity contribution in [2.45, 2.75) is 90.4 Å². The zero-order valence-electron chi connectivity index (χ0n) is 33.3. The van der Waals surface area contributed by atoms with E-state index in [0.29, 0.717) is 23.2 Å². The predicted octanol–water partition coefficient (Wildman–Crippen LogP) is 0.821. The van der Waals surface area contributed by atoms with Gasteiger partial charge in [0.05, 0.1) is 5.69 Å². The fraction of sp³-hybridized carbons (Fsp3) is 0.400. The number of allylic oxidation sites excluding steroid dienone is 3. The Bertz CT molecular complexity index is 1840. The fourth-order valence-electron chi connectivity index (χ4n) is 5.78. The van der Waals surface area contributed by atoms with Crippen molar-refractivity contribution >= 4 is 53.0 Å². The standard InChI is InChI=1S/C40H56FN11O6/c1-5-6-7-8-11-34(54)52(25(4)53)33(23-27-12-16-28(41)17-13-27)38(58)51-32(22-26-14-18-29(19-15-26)48-40(45)46)37(57)50-31(21-24(2)3)36(56)49-30(35(42)55)10-9-20-47-39(43)44/h5-8,12-19,24,30-33H,9-11,20-23H2,1-4H3,(H2,42,55)(H,49,56)(H,50,57)(H,51,58)(H4,43,44,47)(H4,45,46,48)/b6-5+,8-7+. The average Bonchev–Trinajstić information content (AvgIpc) is 3.14. The van der Waals surface area contributed by atoms with Gasteiger partial charge in [-0.1, -0.05) is 62.4 Å². The number of rotatable bonds is 22. The Labute approximate surface area is 337 Å². The number of nitrogens with one attached hydrogen (secondary N) is 3. The Morgan fingerprint density at radius 3 is 1.88 bits per heavy atom. The van der Waals surface area contributed by atoms with E-state index in [9.17, 15) is 33.2 Å². The highest BCUT2D eigenvalue weighted by molar-refractivity contribution is 6.01. The molecule has 0 saturated heterocycles. The van der Waals surface area contributed by atoms with Crippen molar-refractivity contribution < 1.29 is 33.2 Å². The second-order valence-electron chi connectivity index (χ2n) is 13.9. The van der Waals surface area contributed by atoms with Gasteiger partial charge in [-0.15, -0.1) is 0 Å². The number of imide groups is 1. The predicted molar refractivity (Wildman–Crippen MR) is 220 cm³/mol. The minimum Gasteiger partial charge on any atom is -0.370 e. The van der Waals surface area contributed by atoms with Gasteiger partial charge >= 0.3 is 0 Å². The molecule has 6 amide bonds. The molecule has 0 aliphatic carbocycles. The highest BCUT2D eigenvalue weighted by Gasteiger charge is 2.36. The van der Waals surface area contributed by atoms with Crippen LogP contribution in [0.5, 0.6) is 0 Å². The number of guanidine groups is 2. The molecule has 17 nitrogen and oxygen atoms in total. The van der Waals surface area contributed by atoms with E-state index in [1.54, 1.807) is 49.4 Å². The molecule has 0 radical (unpaired) electrons. The maximum atomic E-state index is 14.4. The second kappa shape index (κ2) is 24.1. The fourth-order valence-corrected chi connectivity index (χ4v) is 5.78. The maximum Gasteiger partial charge on any atom is 0.244 e. The van der Waals surface area contributed by atoms with Crippen LogP contribution in [0.4, 0.5) is 10.1 Å². The lowest BCUT2D eigenvalue weighted by atomic mass is 9.99. The van der Waals surface area contributed by atoms with Gasteiger partial charge in [0.1, 0.15) is 30.0 Å². The van der Waals surface area contributed by atoms with Crippen LogP contribution in [-0.2, 0) is 41.6 Å². The van der Waals surface area contributed by atoms with Crippen LogP contribution in [0.25, 0.3) is 0 Å². The van der Waals surface area contributed by atoms with Gasteiger partial charge in [-0.3, -0.25) is 38.7 Å². The molecule has 4 atom stereocenters. The lowest BCUT2D eigenvalue weighted by molar-refractivity contribution is -0.151. The van der Waals surface area contributed by atoms with Gasteiger partial charge in [0.2, 0.25) is 35.4 Å². The zero-order chi connectivity index (χ0) is 43.4. The van der Waals surface area contributed by atoms with Crippen molar-refractivity contribution in [2.75, 3.05) is 6.54 Å². The van der Waals surface area contributed by atoms with Gasteiger partial charge in [-0.05, 0) is 67.5 Å². The summed E-state index contributed by atoms with van der Waals surface area (Å²) >= 11 is 0. The number of carbonyl (C=O) groups excluding carboxylic acids is 6. The summed E-state index contributed by atoms with van der Waals surface area (Å²) in [5, 5.41) is 8.02. The highest BCUT2D eigenvalue weighted by Crippen LogP contribution is 2.17. The molecule has 0 aromatic heterocycles. The van der Waals surface area contributed by atoms with Crippen LogP contribution < -0.4 is 44.6 Å². The molecule has 0 fully saturated rings. The first kappa shape index (κ1) is 47.6. The number of aliphatic imine (C=N–C) groups is 2. The molecule has 0 heterocycles. The Hall–Kier alpha value is -6.59. The smallest absolute Gasteiger partial charge is 0.244 e. The third kappa shape index (κ3) is 17.1. The molecule has 2 aromatic carbocycles. The normalized spacial score (nSPS) is 13.2. The first-order valence-corrected chi connectivity index (χ1v) is 18.7. The van der Waals surface area contributed by atoms with Crippen LogP contribution in [0.2, 0.25) is 0 Å². The van der Waals surface area contributed by atoms with Crippen molar-refractivity contribution in [3.05, 3.63) is 89.8 Å². The Morgan fingerprint density at radius 2 is 1.33 bits per heavy atom. The van der Waals surface area contributed by atoms with Crippen molar-refractivity contribution in [1.82, 2.24) is 20.9 Å². The SMILES string of the molecule is C/C=C/C=C/CC(=O)N(C(C)=O)C(Cc1ccc(F)cc1)C(=O)NC(Cc1ccc(N=C(N)N)cc1)C(=O)NC(CC(C)C)C(=O)NC(CCCN=C(N)N)C(N)=O. The minimum absolute atomic E-state index is 0.112. The Balaban J connectivity index is 2.57. The molecular weight excluding hydrogens is 750 g/mol. The summed E-state index contributed by atoms with van der Waals surface area (Å²) in [6.45, 7) is 6.76. The van der Waals surface area contributed by atoms with Crippen molar-refractivity contribution in [2.24, 2.45) is 44.6 Å². The van der Waals surface area contributed by atoms with E-state index in [4.69, 9.17) is 28.7 Å². The number of nitrogens with zero attached hydrogens (tertiary/aromatic N) is 3. The minimum atomic E-state index is -1.48. The first-order valence-electron chi connectivity index (χ1n) is 18.7. The lowest BCUT2D eigenvalue weighted by Gasteiger charge is -2.31. The number of halogens is 1. The van der Waals surface area contributed by atoms with Gasteiger partial charge in [0.25, 0.3) is 0 Å². The van der Waals surface area contributed by atoms with Crippen molar-refractivity contribution in [3.63, 3.8) is 0 Å². The van der Waals surface area contributed by atoms with Crippen LogP contribution in [0.1, 0.15) is 64.5 Å². The zero-order valence-corrected chi connectivity index (χ0v) is 33.3. The summed E-state index contributed by atoms with van der Waals surface area (Å²) in [5.74, 6) is -5.57. The van der Waals surface area contributed by atoms with Crippen molar-refractivity contribution in [1.29, 1.82) is 0 Å². The summed E-state index contributed by atoms with van der Waals surface area (Å²) in [7, 11) is 0. The van der Waals surface area contributed by atoms with Crippen molar-refractivity contribution in [3.8, 4) is 0 Å². The number of hydrogen-bond acceptors (Lipinski definition) is 8. The summed E-state index contributed by atoms with van der Waals surface area (Å²) in [6.07, 6.45) is 6.57. The van der Waals surface area contributed by atoms with E-state index in [-0.39, 0.29) is 56.5 Å². The van der Waals surface area contributed by atoms with Crippen LogP contribution in [-0.4, -0.2) is 83.0 Å². The number of amides is 6. The molecule has 0 aliphatic rings. The monoisotopic (exact) mass is 805 g/mol. The summed E-state index contributed by atoms with van der Waals surface area (Å²) < 4.78 is 13.9. The Morgan fingerprint density at radius 1 is 0.759 bits per heavy atom. The number of carbonyl (C=O) groups is 6. The lowest BCUT2D eigenvalue weighted by Crippen LogP contribution is -2.59. The molecule has 0 bridgehead atoms. The van der Waals surface area contributed by atoms with Crippen LogP contribution in [0.3, 0.4) is 0 Å². The molecule has 4 unspecified atom stereocenters. The molecule has 2 rings (SSSR count). The van der Waals surface area contributed by atoms with E-state index in [2.05, 4.69) is 25.9 Å².